The summed E-state index contributed by atoms with van der Waals surface area (Å²) in [5.74, 6) is 0. The molecule has 3 rings (SSSR count). The van der Waals surface area contributed by atoms with Gasteiger partial charge in [0.15, 0.2) is 0 Å². The molecule has 110 valence electrons. The molecule has 1 aromatic carbocycles. The van der Waals surface area contributed by atoms with Crippen molar-refractivity contribution in [2.75, 3.05) is 0 Å². The summed E-state index contributed by atoms with van der Waals surface area (Å²) in [5, 5.41) is 21.0. The number of carboxylic acid groups (broad SMARTS) is 1. The van der Waals surface area contributed by atoms with Crippen molar-refractivity contribution in [2.24, 2.45) is 0 Å². The van der Waals surface area contributed by atoms with Crippen molar-refractivity contribution in [3.8, 4) is 11.3 Å². The first-order chi connectivity index (χ1) is 10.5. The standard InChI is InChI=1S/C15H11N3O4/c1-9-6-11(18(21)22)2-3-12(9)13-7-10-4-5-16-8-14(10)17(13)15(19)20/h2-8H,1H3,(H,19,20). The van der Waals surface area contributed by atoms with E-state index in [1.807, 2.05) is 0 Å². The molecule has 7 nitrogen and oxygen atoms in total. The number of benzene rings is 1. The number of hydrogen-bond donors (Lipinski definition) is 1. The molecule has 7 heteroatoms. The molecule has 0 amide bonds. The SMILES string of the molecule is Cc1cc([N+](=O)[O-])ccc1-c1cc2ccncc2n1C(=O)O. The number of nitro groups is 1. The quantitative estimate of drug-likeness (QED) is 0.577. The Morgan fingerprint density at radius 3 is 2.73 bits per heavy atom. The van der Waals surface area contributed by atoms with Gasteiger partial charge in [0.05, 0.1) is 22.3 Å². The van der Waals surface area contributed by atoms with Crippen LogP contribution in [0.4, 0.5) is 10.5 Å². The molecule has 0 bridgehead atoms. The molecule has 0 radical (unpaired) electrons. The number of hydrogen-bond acceptors (Lipinski definition) is 4. The van der Waals surface area contributed by atoms with Crippen molar-refractivity contribution in [3.05, 3.63) is 58.4 Å². The smallest absolute Gasteiger partial charge is 0.416 e. The predicted octanol–water partition coefficient (Wildman–Crippen LogP) is 3.45. The molecular formula is C15H11N3O4. The highest BCUT2D eigenvalue weighted by Gasteiger charge is 2.18. The van der Waals surface area contributed by atoms with Gasteiger partial charge in [-0.25, -0.2) is 9.36 Å². The first-order valence-corrected chi connectivity index (χ1v) is 6.43. The highest BCUT2D eigenvalue weighted by atomic mass is 16.6. The highest BCUT2D eigenvalue weighted by Crippen LogP contribution is 2.31. The molecule has 2 aromatic heterocycles. The Morgan fingerprint density at radius 1 is 1.32 bits per heavy atom. The van der Waals surface area contributed by atoms with Gasteiger partial charge in [-0.2, -0.15) is 0 Å². The summed E-state index contributed by atoms with van der Waals surface area (Å²) < 4.78 is 1.14. The lowest BCUT2D eigenvalue weighted by atomic mass is 10.0. The van der Waals surface area contributed by atoms with Gasteiger partial charge < -0.3 is 5.11 Å². The Morgan fingerprint density at radius 2 is 2.09 bits per heavy atom. The number of aromatic nitrogens is 2. The Labute approximate surface area is 124 Å². The maximum Gasteiger partial charge on any atom is 0.416 e. The zero-order chi connectivity index (χ0) is 15.9. The van der Waals surface area contributed by atoms with Gasteiger partial charge in [0.25, 0.3) is 5.69 Å². The van der Waals surface area contributed by atoms with Gasteiger partial charge in [-0.05, 0) is 30.7 Å². The number of carbonyl (C=O) groups is 1. The molecule has 0 unspecified atom stereocenters. The zero-order valence-corrected chi connectivity index (χ0v) is 11.6. The lowest BCUT2D eigenvalue weighted by Gasteiger charge is -2.08. The summed E-state index contributed by atoms with van der Waals surface area (Å²) in [5.41, 5.74) is 2.17. The van der Waals surface area contributed by atoms with Gasteiger partial charge in [0.2, 0.25) is 0 Å². The molecule has 22 heavy (non-hydrogen) atoms. The fraction of sp³-hybridized carbons (Fsp3) is 0.0667. The van der Waals surface area contributed by atoms with Crippen LogP contribution < -0.4 is 0 Å². The van der Waals surface area contributed by atoms with E-state index in [9.17, 15) is 20.0 Å². The fourth-order valence-corrected chi connectivity index (χ4v) is 2.50. The third-order valence-corrected chi connectivity index (χ3v) is 3.49. The minimum Gasteiger partial charge on any atom is -0.464 e. The Bertz CT molecular complexity index is 914. The lowest BCUT2D eigenvalue weighted by molar-refractivity contribution is -0.384. The Hall–Kier alpha value is -3.22. The van der Waals surface area contributed by atoms with Crippen LogP contribution >= 0.6 is 0 Å². The minimum absolute atomic E-state index is 0.0269. The molecule has 1 N–H and O–H groups in total. The number of nitro benzene ring substituents is 1. The van der Waals surface area contributed by atoms with Gasteiger partial charge in [0, 0.05) is 29.3 Å². The monoisotopic (exact) mass is 297 g/mol. The summed E-state index contributed by atoms with van der Waals surface area (Å²) in [6, 6.07) is 7.81. The van der Waals surface area contributed by atoms with E-state index in [1.165, 1.54) is 18.3 Å². The van der Waals surface area contributed by atoms with E-state index < -0.39 is 11.0 Å². The van der Waals surface area contributed by atoms with E-state index >= 15 is 0 Å². The summed E-state index contributed by atoms with van der Waals surface area (Å²) >= 11 is 0. The molecule has 0 saturated heterocycles. The van der Waals surface area contributed by atoms with Crippen LogP contribution in [0, 0.1) is 17.0 Å². The van der Waals surface area contributed by atoms with Crippen LogP contribution in [0.15, 0.2) is 42.7 Å². The summed E-state index contributed by atoms with van der Waals surface area (Å²) in [6.07, 6.45) is 1.94. The molecule has 2 heterocycles. The minimum atomic E-state index is -1.13. The van der Waals surface area contributed by atoms with Crippen LogP contribution in [0.1, 0.15) is 5.56 Å². The van der Waals surface area contributed by atoms with Crippen LogP contribution in [0.2, 0.25) is 0 Å². The van der Waals surface area contributed by atoms with Gasteiger partial charge in [0.1, 0.15) is 0 Å². The Balaban J connectivity index is 2.28. The van der Waals surface area contributed by atoms with Gasteiger partial charge in [-0.3, -0.25) is 15.1 Å². The summed E-state index contributed by atoms with van der Waals surface area (Å²) in [7, 11) is 0. The molecule has 3 aromatic rings. The van der Waals surface area contributed by atoms with Crippen molar-refractivity contribution in [1.29, 1.82) is 0 Å². The van der Waals surface area contributed by atoms with Crippen LogP contribution in [-0.2, 0) is 0 Å². The average Bonchev–Trinajstić information content (AvgIpc) is 2.86. The third kappa shape index (κ3) is 2.08. The van der Waals surface area contributed by atoms with Crippen molar-refractivity contribution in [2.45, 2.75) is 6.92 Å². The molecule has 0 aliphatic heterocycles. The molecule has 0 saturated carbocycles. The van der Waals surface area contributed by atoms with Gasteiger partial charge >= 0.3 is 6.09 Å². The number of fused-ring (bicyclic) bond motifs is 1. The lowest BCUT2D eigenvalue weighted by Crippen LogP contribution is -2.09. The van der Waals surface area contributed by atoms with Crippen molar-refractivity contribution in [1.82, 2.24) is 9.55 Å². The molecule has 0 aliphatic carbocycles. The molecule has 0 atom stereocenters. The van der Waals surface area contributed by atoms with Gasteiger partial charge in [-0.15, -0.1) is 0 Å². The van der Waals surface area contributed by atoms with E-state index in [-0.39, 0.29) is 5.69 Å². The first-order valence-electron chi connectivity index (χ1n) is 6.43. The number of rotatable bonds is 2. The predicted molar refractivity (Wildman–Crippen MR) is 80.0 cm³/mol. The van der Waals surface area contributed by atoms with Gasteiger partial charge in [-0.1, -0.05) is 0 Å². The first kappa shape index (κ1) is 13.7. The molecule has 0 aliphatic rings. The molecule has 0 fully saturated rings. The third-order valence-electron chi connectivity index (χ3n) is 3.49. The van der Waals surface area contributed by atoms with Crippen LogP contribution in [-0.4, -0.2) is 25.7 Å². The second-order valence-electron chi connectivity index (χ2n) is 4.84. The summed E-state index contributed by atoms with van der Waals surface area (Å²) in [4.78, 5) is 25.9. The van der Waals surface area contributed by atoms with E-state index in [2.05, 4.69) is 4.98 Å². The zero-order valence-electron chi connectivity index (χ0n) is 11.6. The van der Waals surface area contributed by atoms with Crippen molar-refractivity contribution < 1.29 is 14.8 Å². The van der Waals surface area contributed by atoms with Crippen LogP contribution in [0.3, 0.4) is 0 Å². The summed E-state index contributed by atoms with van der Waals surface area (Å²) in [6.45, 7) is 1.71. The second kappa shape index (κ2) is 4.96. The average molecular weight is 297 g/mol. The topological polar surface area (TPSA) is 98.3 Å². The van der Waals surface area contributed by atoms with Crippen LogP contribution in [0.5, 0.6) is 0 Å². The van der Waals surface area contributed by atoms with Crippen molar-refractivity contribution >= 4 is 22.7 Å². The highest BCUT2D eigenvalue weighted by molar-refractivity contribution is 5.95. The Kier molecular flexibility index (Phi) is 3.10. The van der Waals surface area contributed by atoms with Crippen molar-refractivity contribution in [3.63, 3.8) is 0 Å². The van der Waals surface area contributed by atoms with Crippen LogP contribution in [0.25, 0.3) is 22.2 Å². The maximum atomic E-state index is 11.6. The fourth-order valence-electron chi connectivity index (χ4n) is 2.50. The second-order valence-corrected chi connectivity index (χ2v) is 4.84. The normalized spacial score (nSPS) is 10.8. The van der Waals surface area contributed by atoms with E-state index in [0.29, 0.717) is 22.3 Å². The number of aryl methyl sites for hydroxylation is 1. The van der Waals surface area contributed by atoms with E-state index in [0.717, 1.165) is 9.95 Å². The maximum absolute atomic E-state index is 11.6. The van der Waals surface area contributed by atoms with E-state index in [4.69, 9.17) is 0 Å². The number of nitrogens with zero attached hydrogens (tertiary/aromatic N) is 3. The number of non-ortho nitro benzene ring substituents is 1. The molecule has 0 spiro atoms. The number of pyridine rings is 1. The largest absolute Gasteiger partial charge is 0.464 e. The van der Waals surface area contributed by atoms with E-state index in [1.54, 1.807) is 31.3 Å². The molecular weight excluding hydrogens is 286 g/mol.